The van der Waals surface area contributed by atoms with E-state index in [0.29, 0.717) is 10.8 Å². The van der Waals surface area contributed by atoms with E-state index >= 15 is 0 Å². The molecule has 0 N–H and O–H groups in total. The summed E-state index contributed by atoms with van der Waals surface area (Å²) >= 11 is 0. The van der Waals surface area contributed by atoms with E-state index in [4.69, 9.17) is 0 Å². The summed E-state index contributed by atoms with van der Waals surface area (Å²) in [5.41, 5.74) is 1.05. The Balaban J connectivity index is 3.79. The minimum absolute atomic E-state index is 0.521. The van der Waals surface area contributed by atoms with E-state index in [1.165, 1.54) is 77.0 Å². The van der Waals surface area contributed by atoms with Crippen molar-refractivity contribution >= 4 is 7.85 Å². The monoisotopic (exact) mass is 308 g/mol. The maximum atomic E-state index is 2.49. The van der Waals surface area contributed by atoms with Gasteiger partial charge in [0.1, 0.15) is 7.85 Å². The molecule has 0 saturated carbocycles. The van der Waals surface area contributed by atoms with E-state index in [1.807, 2.05) is 0 Å². The highest BCUT2D eigenvalue weighted by Gasteiger charge is 2.27. The second-order valence-corrected chi connectivity index (χ2v) is 9.66. The Morgan fingerprint density at radius 2 is 1.18 bits per heavy atom. The van der Waals surface area contributed by atoms with Gasteiger partial charge in [-0.1, -0.05) is 105 Å². The zero-order valence-corrected chi connectivity index (χ0v) is 17.1. The molecule has 132 valence electrons. The molecule has 0 aromatic carbocycles. The van der Waals surface area contributed by atoms with Crippen LogP contribution in [0, 0.1) is 10.8 Å². The molecule has 0 nitrogen and oxygen atoms in total. The van der Waals surface area contributed by atoms with Crippen LogP contribution in [0.5, 0.6) is 0 Å². The highest BCUT2D eigenvalue weighted by atomic mass is 14.3. The molecule has 0 saturated heterocycles. The van der Waals surface area contributed by atoms with E-state index in [2.05, 4.69) is 49.4 Å². The van der Waals surface area contributed by atoms with Crippen LogP contribution in [0.1, 0.15) is 119 Å². The molecule has 0 aromatic rings. The van der Waals surface area contributed by atoms with E-state index < -0.39 is 0 Å². The molecular weight excluding hydrogens is 263 g/mol. The Morgan fingerprint density at radius 3 is 1.68 bits per heavy atom. The second-order valence-electron chi connectivity index (χ2n) is 9.66. The average molecular weight is 308 g/mol. The molecule has 0 heterocycles. The molecule has 0 bridgehead atoms. The molecule has 0 amide bonds. The molecule has 0 aromatic heterocycles. The van der Waals surface area contributed by atoms with Crippen molar-refractivity contribution in [1.29, 1.82) is 0 Å². The maximum absolute atomic E-state index is 2.49. The van der Waals surface area contributed by atoms with Crippen molar-refractivity contribution in [1.82, 2.24) is 0 Å². The first-order valence-electron chi connectivity index (χ1n) is 10.2. The molecule has 0 rings (SSSR count). The van der Waals surface area contributed by atoms with Gasteiger partial charge in [-0.2, -0.15) is 0 Å². The lowest BCUT2D eigenvalue weighted by Crippen LogP contribution is -2.23. The predicted octanol–water partition coefficient (Wildman–Crippen LogP) is 7.18. The molecule has 0 spiro atoms. The second kappa shape index (κ2) is 11.6. The molecule has 22 heavy (non-hydrogen) atoms. The van der Waals surface area contributed by atoms with Crippen molar-refractivity contribution < 1.29 is 0 Å². The predicted molar refractivity (Wildman–Crippen MR) is 107 cm³/mol. The summed E-state index contributed by atoms with van der Waals surface area (Å²) in [5, 5.41) is 0. The molecular formula is C21H45B. The van der Waals surface area contributed by atoms with Crippen molar-refractivity contribution in [3.8, 4) is 0 Å². The SMILES string of the molecule is BC(C)CCCCCCCC(C)(C)CC(C)(C)CCCCC. The summed E-state index contributed by atoms with van der Waals surface area (Å²) in [7, 11) is 2.34. The fraction of sp³-hybridized carbons (Fsp3) is 1.00. The third-order valence-electron chi connectivity index (χ3n) is 5.05. The zero-order valence-electron chi connectivity index (χ0n) is 17.1. The summed E-state index contributed by atoms with van der Waals surface area (Å²) in [6, 6.07) is 0. The van der Waals surface area contributed by atoms with Gasteiger partial charge in [-0.05, 0) is 30.1 Å². The molecule has 0 aliphatic heterocycles. The smallest absolute Gasteiger partial charge is 0.0725 e. The van der Waals surface area contributed by atoms with Crippen LogP contribution >= 0.6 is 0 Å². The van der Waals surface area contributed by atoms with Gasteiger partial charge < -0.3 is 0 Å². The minimum atomic E-state index is 0.521. The van der Waals surface area contributed by atoms with Gasteiger partial charge in [-0.25, -0.2) is 0 Å². The van der Waals surface area contributed by atoms with E-state index in [-0.39, 0.29) is 0 Å². The zero-order chi connectivity index (χ0) is 17.1. The van der Waals surface area contributed by atoms with Crippen LogP contribution in [0.4, 0.5) is 0 Å². The third kappa shape index (κ3) is 13.7. The van der Waals surface area contributed by atoms with Gasteiger partial charge >= 0.3 is 0 Å². The van der Waals surface area contributed by atoms with Crippen molar-refractivity contribution in [3.63, 3.8) is 0 Å². The third-order valence-corrected chi connectivity index (χ3v) is 5.05. The quantitative estimate of drug-likeness (QED) is 0.235. The lowest BCUT2D eigenvalue weighted by Gasteiger charge is -2.35. The molecule has 1 atom stereocenters. The molecule has 0 fully saturated rings. The number of hydrogen-bond donors (Lipinski definition) is 0. The van der Waals surface area contributed by atoms with E-state index in [9.17, 15) is 0 Å². The Hall–Kier alpha value is 0.0649. The van der Waals surface area contributed by atoms with Gasteiger partial charge in [-0.3, -0.25) is 0 Å². The highest BCUT2D eigenvalue weighted by molar-refractivity contribution is 6.11. The largest absolute Gasteiger partial charge is 0.105 e. The summed E-state index contributed by atoms with van der Waals surface area (Å²) < 4.78 is 0. The van der Waals surface area contributed by atoms with Crippen LogP contribution < -0.4 is 0 Å². The fourth-order valence-electron chi connectivity index (χ4n) is 4.01. The van der Waals surface area contributed by atoms with Crippen LogP contribution in [0.2, 0.25) is 5.82 Å². The normalized spacial score (nSPS) is 14.3. The summed E-state index contributed by atoms with van der Waals surface area (Å²) in [6.07, 6.45) is 17.0. The summed E-state index contributed by atoms with van der Waals surface area (Å²) in [6.45, 7) is 14.6. The van der Waals surface area contributed by atoms with Crippen molar-refractivity contribution in [3.05, 3.63) is 0 Å². The fourth-order valence-corrected chi connectivity index (χ4v) is 4.01. The Labute approximate surface area is 143 Å². The lowest BCUT2D eigenvalue weighted by molar-refractivity contribution is 0.164. The average Bonchev–Trinajstić information content (AvgIpc) is 2.36. The first kappa shape index (κ1) is 22.1. The summed E-state index contributed by atoms with van der Waals surface area (Å²) in [5.74, 6) is 0.883. The Bertz CT molecular complexity index is 253. The van der Waals surface area contributed by atoms with Gasteiger partial charge in [0.25, 0.3) is 0 Å². The van der Waals surface area contributed by atoms with Gasteiger partial charge in [0, 0.05) is 0 Å². The minimum Gasteiger partial charge on any atom is -0.0725 e. The maximum Gasteiger partial charge on any atom is 0.105 e. The van der Waals surface area contributed by atoms with Crippen LogP contribution in [-0.4, -0.2) is 7.85 Å². The molecule has 0 radical (unpaired) electrons. The van der Waals surface area contributed by atoms with Gasteiger partial charge in [0.05, 0.1) is 0 Å². The first-order valence-corrected chi connectivity index (χ1v) is 10.2. The van der Waals surface area contributed by atoms with Crippen LogP contribution in [-0.2, 0) is 0 Å². The number of hydrogen-bond acceptors (Lipinski definition) is 0. The van der Waals surface area contributed by atoms with Crippen molar-refractivity contribution in [2.24, 2.45) is 10.8 Å². The van der Waals surface area contributed by atoms with Gasteiger partial charge in [0.2, 0.25) is 0 Å². The number of unbranched alkanes of at least 4 members (excludes halogenated alkanes) is 6. The van der Waals surface area contributed by atoms with E-state index in [0.717, 1.165) is 5.82 Å². The Kier molecular flexibility index (Phi) is 11.6. The van der Waals surface area contributed by atoms with Crippen LogP contribution in [0.3, 0.4) is 0 Å². The van der Waals surface area contributed by atoms with Crippen molar-refractivity contribution in [2.75, 3.05) is 0 Å². The Morgan fingerprint density at radius 1 is 0.727 bits per heavy atom. The lowest BCUT2D eigenvalue weighted by atomic mass is 9.70. The molecule has 0 aliphatic rings. The highest BCUT2D eigenvalue weighted by Crippen LogP contribution is 2.40. The van der Waals surface area contributed by atoms with E-state index in [1.54, 1.807) is 0 Å². The standard InChI is InChI=1S/C21H45B/c1-7-8-13-16-20(3,4)18-21(5,6)17-14-11-9-10-12-15-19(2)22/h19H,7-18,22H2,1-6H3. The summed E-state index contributed by atoms with van der Waals surface area (Å²) in [4.78, 5) is 0. The number of rotatable bonds is 14. The van der Waals surface area contributed by atoms with Gasteiger partial charge in [0.15, 0.2) is 0 Å². The molecule has 1 unspecified atom stereocenters. The van der Waals surface area contributed by atoms with Crippen LogP contribution in [0.25, 0.3) is 0 Å². The molecule has 0 aliphatic carbocycles. The topological polar surface area (TPSA) is 0 Å². The molecule has 1 heteroatoms. The van der Waals surface area contributed by atoms with Crippen LogP contribution in [0.15, 0.2) is 0 Å². The van der Waals surface area contributed by atoms with Gasteiger partial charge in [-0.15, -0.1) is 0 Å². The first-order chi connectivity index (χ1) is 10.2. The van der Waals surface area contributed by atoms with Crippen molar-refractivity contribution in [2.45, 2.75) is 124 Å².